The summed E-state index contributed by atoms with van der Waals surface area (Å²) in [6, 6.07) is 2.20. The number of rotatable bonds is 2. The van der Waals surface area contributed by atoms with E-state index in [1.807, 2.05) is 25.5 Å². The van der Waals surface area contributed by atoms with Crippen LogP contribution in [0.3, 0.4) is 0 Å². The molecule has 0 unspecified atom stereocenters. The fourth-order valence-electron chi connectivity index (χ4n) is 3.26. The summed E-state index contributed by atoms with van der Waals surface area (Å²) >= 11 is 0. The molecular formula is C15H19N7. The van der Waals surface area contributed by atoms with Crippen molar-refractivity contribution in [3.05, 3.63) is 30.4 Å². The maximum Gasteiger partial charge on any atom is 0.165 e. The van der Waals surface area contributed by atoms with Gasteiger partial charge < -0.3 is 11.5 Å². The molecule has 0 aromatic carbocycles. The third-order valence-corrected chi connectivity index (χ3v) is 4.43. The van der Waals surface area contributed by atoms with E-state index in [1.165, 1.54) is 0 Å². The number of anilines is 1. The third-order valence-electron chi connectivity index (χ3n) is 4.43. The molecule has 3 aromatic rings. The van der Waals surface area contributed by atoms with Gasteiger partial charge in [-0.25, -0.2) is 4.98 Å². The molecule has 7 heteroatoms. The molecule has 0 bridgehead atoms. The van der Waals surface area contributed by atoms with Crippen LogP contribution in [0.15, 0.2) is 24.7 Å². The minimum Gasteiger partial charge on any atom is -0.384 e. The van der Waals surface area contributed by atoms with Crippen molar-refractivity contribution in [3.63, 3.8) is 0 Å². The average molecular weight is 297 g/mol. The molecule has 2 atom stereocenters. The van der Waals surface area contributed by atoms with Gasteiger partial charge in [0.15, 0.2) is 5.65 Å². The second kappa shape index (κ2) is 4.81. The smallest absolute Gasteiger partial charge is 0.165 e. The van der Waals surface area contributed by atoms with Gasteiger partial charge in [0, 0.05) is 48.1 Å². The second-order valence-corrected chi connectivity index (χ2v) is 6.07. The van der Waals surface area contributed by atoms with Crippen LogP contribution in [0.25, 0.3) is 16.8 Å². The van der Waals surface area contributed by atoms with Crippen molar-refractivity contribution >= 4 is 11.5 Å². The number of nitrogen functional groups attached to an aromatic ring is 1. The van der Waals surface area contributed by atoms with Crippen LogP contribution in [0.5, 0.6) is 0 Å². The molecule has 114 valence electrons. The minimum atomic E-state index is 0.270. The fraction of sp³-hybridized carbons (Fsp3) is 0.400. The normalized spacial score (nSPS) is 21.7. The largest absolute Gasteiger partial charge is 0.384 e. The number of hydrogen-bond donors (Lipinski definition) is 2. The zero-order valence-corrected chi connectivity index (χ0v) is 12.5. The van der Waals surface area contributed by atoms with Crippen LogP contribution < -0.4 is 11.5 Å². The molecule has 0 spiro atoms. The molecule has 1 saturated carbocycles. The van der Waals surface area contributed by atoms with Gasteiger partial charge in [-0.05, 0) is 19.3 Å². The monoisotopic (exact) mass is 297 g/mol. The molecule has 1 fully saturated rings. The van der Waals surface area contributed by atoms with Gasteiger partial charge in [-0.15, -0.1) is 0 Å². The predicted octanol–water partition coefficient (Wildman–Crippen LogP) is 1.31. The van der Waals surface area contributed by atoms with Crippen molar-refractivity contribution < 1.29 is 0 Å². The van der Waals surface area contributed by atoms with Crippen LogP contribution in [0, 0.1) is 0 Å². The summed E-state index contributed by atoms with van der Waals surface area (Å²) in [5, 5.41) is 8.57. The quantitative estimate of drug-likeness (QED) is 0.742. The first-order valence-electron chi connectivity index (χ1n) is 7.50. The summed E-state index contributed by atoms with van der Waals surface area (Å²) in [6.07, 6.45) is 8.64. The molecular weight excluding hydrogens is 278 g/mol. The first-order chi connectivity index (χ1) is 10.6. The van der Waals surface area contributed by atoms with Gasteiger partial charge in [-0.3, -0.25) is 4.68 Å². The van der Waals surface area contributed by atoms with Crippen LogP contribution in [0.1, 0.15) is 30.9 Å². The third kappa shape index (κ3) is 2.05. The number of fused-ring (bicyclic) bond motifs is 1. The summed E-state index contributed by atoms with van der Waals surface area (Å²) in [6.45, 7) is 0. The molecule has 0 radical (unpaired) electrons. The van der Waals surface area contributed by atoms with Gasteiger partial charge in [0.2, 0.25) is 0 Å². The van der Waals surface area contributed by atoms with Crippen molar-refractivity contribution in [3.8, 4) is 11.1 Å². The Labute approximate surface area is 127 Å². The molecule has 4 rings (SSSR count). The van der Waals surface area contributed by atoms with E-state index in [0.717, 1.165) is 41.7 Å². The van der Waals surface area contributed by atoms with Crippen molar-refractivity contribution in [2.45, 2.75) is 31.2 Å². The topological polar surface area (TPSA) is 100 Å². The van der Waals surface area contributed by atoms with Crippen LogP contribution in [-0.4, -0.2) is 30.4 Å². The molecule has 0 saturated heterocycles. The molecule has 0 aliphatic heterocycles. The van der Waals surface area contributed by atoms with Crippen LogP contribution in [0.4, 0.5) is 5.82 Å². The summed E-state index contributed by atoms with van der Waals surface area (Å²) in [7, 11) is 1.89. The summed E-state index contributed by atoms with van der Waals surface area (Å²) in [5.74, 6) is 0.995. The SMILES string of the molecule is Cn1cc(-c2cnn3c(N)cc([C@@H]4CC[C@H](N)C4)nc23)cn1. The average Bonchev–Trinajstić information content (AvgIpc) is 3.18. The van der Waals surface area contributed by atoms with Gasteiger partial charge in [-0.2, -0.15) is 14.7 Å². The van der Waals surface area contributed by atoms with E-state index in [4.69, 9.17) is 16.5 Å². The Kier molecular flexibility index (Phi) is 2.90. The lowest BCUT2D eigenvalue weighted by Crippen LogP contribution is -2.15. The Hall–Kier alpha value is -2.41. The molecule has 1 aliphatic rings. The number of nitrogens with two attached hydrogens (primary N) is 2. The Balaban J connectivity index is 1.85. The molecule has 0 amide bonds. The highest BCUT2D eigenvalue weighted by molar-refractivity contribution is 5.77. The van der Waals surface area contributed by atoms with Crippen LogP contribution in [0.2, 0.25) is 0 Å². The van der Waals surface area contributed by atoms with E-state index >= 15 is 0 Å². The Morgan fingerprint density at radius 3 is 2.77 bits per heavy atom. The van der Waals surface area contributed by atoms with Crippen molar-refractivity contribution in [1.29, 1.82) is 0 Å². The van der Waals surface area contributed by atoms with E-state index in [2.05, 4.69) is 10.2 Å². The molecule has 4 N–H and O–H groups in total. The lowest BCUT2D eigenvalue weighted by molar-refractivity contribution is 0.661. The molecule has 3 aromatic heterocycles. The first kappa shape index (κ1) is 13.3. The van der Waals surface area contributed by atoms with E-state index < -0.39 is 0 Å². The number of aromatic nitrogens is 5. The van der Waals surface area contributed by atoms with E-state index in [1.54, 1.807) is 15.4 Å². The highest BCUT2D eigenvalue weighted by Gasteiger charge is 2.25. The zero-order chi connectivity index (χ0) is 15.3. The molecule has 7 nitrogen and oxygen atoms in total. The number of nitrogens with zero attached hydrogens (tertiary/aromatic N) is 5. The Morgan fingerprint density at radius 2 is 2.09 bits per heavy atom. The highest BCUT2D eigenvalue weighted by atomic mass is 15.3. The second-order valence-electron chi connectivity index (χ2n) is 6.07. The molecule has 1 aliphatic carbocycles. The van der Waals surface area contributed by atoms with Crippen molar-refractivity contribution in [2.75, 3.05) is 5.73 Å². The molecule has 3 heterocycles. The Bertz CT molecular complexity index is 832. The maximum absolute atomic E-state index is 6.16. The van der Waals surface area contributed by atoms with Crippen molar-refractivity contribution in [1.82, 2.24) is 24.4 Å². The van der Waals surface area contributed by atoms with E-state index in [9.17, 15) is 0 Å². The number of hydrogen-bond acceptors (Lipinski definition) is 5. The maximum atomic E-state index is 6.16. The predicted molar refractivity (Wildman–Crippen MR) is 84.2 cm³/mol. The minimum absolute atomic E-state index is 0.270. The van der Waals surface area contributed by atoms with Crippen LogP contribution >= 0.6 is 0 Å². The van der Waals surface area contributed by atoms with Crippen molar-refractivity contribution in [2.24, 2.45) is 12.8 Å². The van der Waals surface area contributed by atoms with Gasteiger partial charge in [0.05, 0.1) is 12.4 Å². The summed E-state index contributed by atoms with van der Waals surface area (Å²) in [4.78, 5) is 4.83. The lowest BCUT2D eigenvalue weighted by atomic mass is 10.0. The Morgan fingerprint density at radius 1 is 1.23 bits per heavy atom. The van der Waals surface area contributed by atoms with Gasteiger partial charge in [0.1, 0.15) is 5.82 Å². The van der Waals surface area contributed by atoms with Gasteiger partial charge in [0.25, 0.3) is 0 Å². The lowest BCUT2D eigenvalue weighted by Gasteiger charge is -2.11. The summed E-state index contributed by atoms with van der Waals surface area (Å²) in [5.41, 5.74) is 15.9. The van der Waals surface area contributed by atoms with E-state index in [-0.39, 0.29) is 6.04 Å². The highest BCUT2D eigenvalue weighted by Crippen LogP contribution is 2.34. The van der Waals surface area contributed by atoms with Gasteiger partial charge >= 0.3 is 0 Å². The number of aryl methyl sites for hydroxylation is 1. The first-order valence-corrected chi connectivity index (χ1v) is 7.50. The fourth-order valence-corrected chi connectivity index (χ4v) is 3.26. The van der Waals surface area contributed by atoms with Crippen LogP contribution in [-0.2, 0) is 7.05 Å². The van der Waals surface area contributed by atoms with E-state index in [0.29, 0.717) is 11.7 Å². The van der Waals surface area contributed by atoms with Gasteiger partial charge in [-0.1, -0.05) is 0 Å². The summed E-state index contributed by atoms with van der Waals surface area (Å²) < 4.78 is 3.45. The zero-order valence-electron chi connectivity index (χ0n) is 12.5. The molecule has 22 heavy (non-hydrogen) atoms. The standard InChI is InChI=1S/C15H19N7/c1-21-8-10(6-18-21)12-7-19-22-14(17)5-13(20-15(12)22)9-2-3-11(16)4-9/h5-9,11H,2-4,16-17H2,1H3/t9-,11+/m1/s1.